The molecule has 0 aromatic heterocycles. The molecule has 0 radical (unpaired) electrons. The summed E-state index contributed by atoms with van der Waals surface area (Å²) >= 11 is 6.02. The number of non-ortho nitro benzene ring substituents is 1. The Kier molecular flexibility index (Phi) is 3.57. The van der Waals surface area contributed by atoms with Crippen LogP contribution in [0.5, 0.6) is 0 Å². The molecule has 0 bridgehead atoms. The predicted molar refractivity (Wildman–Crippen MR) is 95.6 cm³/mol. The van der Waals surface area contributed by atoms with E-state index in [1.54, 1.807) is 12.1 Å². The first kappa shape index (κ1) is 15.2. The molecule has 0 saturated carbocycles. The zero-order valence-corrected chi connectivity index (χ0v) is 14.0. The molecule has 0 fully saturated rings. The fourth-order valence-electron chi connectivity index (χ4n) is 3.97. The summed E-state index contributed by atoms with van der Waals surface area (Å²) in [7, 11) is 0. The molecule has 1 aliphatic heterocycles. The maximum absolute atomic E-state index is 11.2. The van der Waals surface area contributed by atoms with Crippen molar-refractivity contribution >= 4 is 23.0 Å². The first-order valence-electron chi connectivity index (χ1n) is 8.02. The highest BCUT2D eigenvalue weighted by Gasteiger charge is 2.39. The standard InChI is InChI=1S/C19H17ClN2O2/c1-11-9-14(22(23)24)10-17-15-3-2-4-16(15)19(21-18(11)17)12-5-7-13(20)8-6-12/h2-3,5-10,15-16,19,21H,4H2,1H3/t15-,16-,19-/m1/s1. The van der Waals surface area contributed by atoms with Crippen LogP contribution < -0.4 is 5.32 Å². The number of halogens is 1. The molecule has 24 heavy (non-hydrogen) atoms. The van der Waals surface area contributed by atoms with E-state index in [0.717, 1.165) is 28.3 Å². The molecule has 0 saturated heterocycles. The molecule has 1 N–H and O–H groups in total. The predicted octanol–water partition coefficient (Wildman–Crippen LogP) is 5.38. The molecular weight excluding hydrogens is 324 g/mol. The van der Waals surface area contributed by atoms with Crippen LogP contribution >= 0.6 is 11.6 Å². The van der Waals surface area contributed by atoms with Gasteiger partial charge in [-0.3, -0.25) is 10.1 Å². The number of hydrogen-bond acceptors (Lipinski definition) is 3. The molecule has 2 aromatic rings. The van der Waals surface area contributed by atoms with Crippen molar-refractivity contribution in [3.8, 4) is 0 Å². The van der Waals surface area contributed by atoms with Crippen LogP contribution in [0.4, 0.5) is 11.4 Å². The van der Waals surface area contributed by atoms with Crippen molar-refractivity contribution < 1.29 is 4.92 Å². The van der Waals surface area contributed by atoms with Gasteiger partial charge < -0.3 is 5.32 Å². The number of aryl methyl sites for hydroxylation is 1. The molecule has 3 atom stereocenters. The van der Waals surface area contributed by atoms with E-state index in [9.17, 15) is 10.1 Å². The topological polar surface area (TPSA) is 55.2 Å². The van der Waals surface area contributed by atoms with Crippen molar-refractivity contribution in [3.63, 3.8) is 0 Å². The van der Waals surface area contributed by atoms with E-state index >= 15 is 0 Å². The van der Waals surface area contributed by atoms with E-state index in [4.69, 9.17) is 11.6 Å². The van der Waals surface area contributed by atoms with Gasteiger partial charge in [0, 0.05) is 28.8 Å². The van der Waals surface area contributed by atoms with Crippen molar-refractivity contribution in [3.05, 3.63) is 80.4 Å². The highest BCUT2D eigenvalue weighted by Crippen LogP contribution is 2.51. The summed E-state index contributed by atoms with van der Waals surface area (Å²) in [5.74, 6) is 0.570. The van der Waals surface area contributed by atoms with Crippen molar-refractivity contribution in [1.82, 2.24) is 0 Å². The van der Waals surface area contributed by atoms with Gasteiger partial charge in [-0.05, 0) is 48.1 Å². The quantitative estimate of drug-likeness (QED) is 0.453. The van der Waals surface area contributed by atoms with Gasteiger partial charge in [-0.15, -0.1) is 0 Å². The van der Waals surface area contributed by atoms with Crippen LogP contribution in [-0.4, -0.2) is 4.92 Å². The highest BCUT2D eigenvalue weighted by atomic mass is 35.5. The van der Waals surface area contributed by atoms with E-state index < -0.39 is 0 Å². The lowest BCUT2D eigenvalue weighted by Crippen LogP contribution is -2.29. The molecule has 0 unspecified atom stereocenters. The van der Waals surface area contributed by atoms with Gasteiger partial charge >= 0.3 is 0 Å². The molecule has 2 aliphatic rings. The number of anilines is 1. The fourth-order valence-corrected chi connectivity index (χ4v) is 4.10. The number of rotatable bonds is 2. The van der Waals surface area contributed by atoms with Crippen LogP contribution in [0.15, 0.2) is 48.6 Å². The van der Waals surface area contributed by atoms with E-state index in [2.05, 4.69) is 29.6 Å². The van der Waals surface area contributed by atoms with Crippen molar-refractivity contribution in [1.29, 1.82) is 0 Å². The Balaban J connectivity index is 1.82. The van der Waals surface area contributed by atoms with Crippen LogP contribution in [-0.2, 0) is 0 Å². The minimum atomic E-state index is -0.313. The molecular formula is C19H17ClN2O2. The maximum Gasteiger partial charge on any atom is 0.270 e. The van der Waals surface area contributed by atoms with Gasteiger partial charge in [0.05, 0.1) is 11.0 Å². The fraction of sp³-hybridized carbons (Fsp3) is 0.263. The Morgan fingerprint density at radius 3 is 2.71 bits per heavy atom. The third-order valence-electron chi connectivity index (χ3n) is 5.09. The number of nitrogens with zero attached hydrogens (tertiary/aromatic N) is 1. The first-order chi connectivity index (χ1) is 11.5. The number of nitro benzene ring substituents is 1. The summed E-state index contributed by atoms with van der Waals surface area (Å²) in [6.45, 7) is 1.93. The highest BCUT2D eigenvalue weighted by molar-refractivity contribution is 6.30. The van der Waals surface area contributed by atoms with Gasteiger partial charge in [0.15, 0.2) is 0 Å². The van der Waals surface area contributed by atoms with Crippen LogP contribution in [0.1, 0.15) is 35.1 Å². The van der Waals surface area contributed by atoms with E-state index in [1.165, 1.54) is 5.56 Å². The van der Waals surface area contributed by atoms with Gasteiger partial charge in [0.2, 0.25) is 0 Å². The van der Waals surface area contributed by atoms with Gasteiger partial charge in [-0.1, -0.05) is 35.9 Å². The molecule has 1 heterocycles. The first-order valence-corrected chi connectivity index (χ1v) is 8.40. The molecule has 1 aliphatic carbocycles. The zero-order valence-electron chi connectivity index (χ0n) is 13.2. The largest absolute Gasteiger partial charge is 0.377 e. The van der Waals surface area contributed by atoms with Gasteiger partial charge in [0.25, 0.3) is 5.69 Å². The summed E-state index contributed by atoms with van der Waals surface area (Å²) in [5, 5.41) is 15.6. The average molecular weight is 341 g/mol. The van der Waals surface area contributed by atoms with Crippen molar-refractivity contribution in [2.45, 2.75) is 25.3 Å². The lowest BCUT2D eigenvalue weighted by Gasteiger charge is -2.38. The molecule has 5 heteroatoms. The summed E-state index contributed by atoms with van der Waals surface area (Å²) < 4.78 is 0. The van der Waals surface area contributed by atoms with E-state index in [0.29, 0.717) is 5.92 Å². The van der Waals surface area contributed by atoms with Crippen LogP contribution in [0.3, 0.4) is 0 Å². The second-order valence-corrected chi connectivity index (χ2v) is 6.95. The second kappa shape index (κ2) is 5.64. The van der Waals surface area contributed by atoms with Gasteiger partial charge in [0.1, 0.15) is 0 Å². The summed E-state index contributed by atoms with van der Waals surface area (Å²) in [4.78, 5) is 10.9. The van der Waals surface area contributed by atoms with E-state index in [1.807, 2.05) is 19.1 Å². The van der Waals surface area contributed by atoms with Gasteiger partial charge in [-0.2, -0.15) is 0 Å². The van der Waals surface area contributed by atoms with Crippen LogP contribution in [0, 0.1) is 23.0 Å². The lowest BCUT2D eigenvalue weighted by molar-refractivity contribution is -0.385. The Hall–Kier alpha value is -2.33. The third kappa shape index (κ3) is 2.38. The summed E-state index contributed by atoms with van der Waals surface area (Å²) in [5.41, 5.74) is 4.33. The Bertz CT molecular complexity index is 845. The van der Waals surface area contributed by atoms with Crippen molar-refractivity contribution in [2.75, 3.05) is 5.32 Å². The van der Waals surface area contributed by atoms with Crippen LogP contribution in [0.25, 0.3) is 0 Å². The summed E-state index contributed by atoms with van der Waals surface area (Å²) in [6.07, 6.45) is 5.34. The zero-order chi connectivity index (χ0) is 16.8. The van der Waals surface area contributed by atoms with Crippen LogP contribution in [0.2, 0.25) is 5.02 Å². The number of benzene rings is 2. The normalized spacial score (nSPS) is 24.2. The monoisotopic (exact) mass is 340 g/mol. The third-order valence-corrected chi connectivity index (χ3v) is 5.34. The number of allylic oxidation sites excluding steroid dienone is 2. The Morgan fingerprint density at radius 1 is 1.25 bits per heavy atom. The lowest BCUT2D eigenvalue weighted by atomic mass is 9.76. The number of fused-ring (bicyclic) bond motifs is 3. The number of hydrogen-bond donors (Lipinski definition) is 1. The second-order valence-electron chi connectivity index (χ2n) is 6.51. The summed E-state index contributed by atoms with van der Waals surface area (Å²) in [6, 6.07) is 11.5. The number of nitrogens with one attached hydrogen (secondary N) is 1. The molecule has 0 spiro atoms. The number of nitro groups is 1. The SMILES string of the molecule is Cc1cc([N+](=O)[O-])cc2c1N[C@H](c1ccc(Cl)cc1)[C@@H]1CC=C[C@@H]21. The molecule has 4 nitrogen and oxygen atoms in total. The Morgan fingerprint density at radius 2 is 2.00 bits per heavy atom. The smallest absolute Gasteiger partial charge is 0.270 e. The van der Waals surface area contributed by atoms with E-state index in [-0.39, 0.29) is 22.6 Å². The maximum atomic E-state index is 11.2. The minimum absolute atomic E-state index is 0.164. The molecule has 0 amide bonds. The minimum Gasteiger partial charge on any atom is -0.377 e. The molecule has 2 aromatic carbocycles. The Labute approximate surface area is 145 Å². The average Bonchev–Trinajstić information content (AvgIpc) is 3.05. The van der Waals surface area contributed by atoms with Crippen molar-refractivity contribution in [2.24, 2.45) is 5.92 Å². The molecule has 4 rings (SSSR count). The van der Waals surface area contributed by atoms with Gasteiger partial charge in [-0.25, -0.2) is 0 Å². The molecule has 122 valence electrons.